The summed E-state index contributed by atoms with van der Waals surface area (Å²) in [5, 5.41) is 21.4. The Kier molecular flexibility index (Phi) is 5.84. The summed E-state index contributed by atoms with van der Waals surface area (Å²) in [5.74, 6) is 3.17. The van der Waals surface area contributed by atoms with Crippen LogP contribution in [-0.4, -0.2) is 22.4 Å². The van der Waals surface area contributed by atoms with E-state index < -0.39 is 0 Å². The van der Waals surface area contributed by atoms with Gasteiger partial charge in [-0.15, -0.1) is 0 Å². The first-order valence-corrected chi connectivity index (χ1v) is 12.4. The molecule has 0 spiro atoms. The molecule has 0 saturated heterocycles. The first-order valence-electron chi connectivity index (χ1n) is 12.4. The third-order valence-corrected chi connectivity index (χ3v) is 9.97. The highest BCUT2D eigenvalue weighted by atomic mass is 16.3. The average Bonchev–Trinajstić information content (AvgIpc) is 2.92. The van der Waals surface area contributed by atoms with Gasteiger partial charge < -0.3 is 10.2 Å². The molecule has 3 fully saturated rings. The van der Waals surface area contributed by atoms with Gasteiger partial charge in [-0.25, -0.2) is 0 Å². The van der Waals surface area contributed by atoms with E-state index in [4.69, 9.17) is 0 Å². The molecular formula is C27H44O2. The molecule has 0 aromatic heterocycles. The van der Waals surface area contributed by atoms with Crippen molar-refractivity contribution >= 4 is 0 Å². The summed E-state index contributed by atoms with van der Waals surface area (Å²) < 4.78 is 0. The largest absolute Gasteiger partial charge is 0.393 e. The monoisotopic (exact) mass is 400 g/mol. The van der Waals surface area contributed by atoms with Crippen LogP contribution in [0.1, 0.15) is 92.4 Å². The smallest absolute Gasteiger partial charge is 0.0579 e. The maximum absolute atomic E-state index is 11.2. The van der Waals surface area contributed by atoms with Crippen LogP contribution in [0.3, 0.4) is 0 Å². The van der Waals surface area contributed by atoms with E-state index in [0.717, 1.165) is 43.9 Å². The summed E-state index contributed by atoms with van der Waals surface area (Å²) in [5.41, 5.74) is 3.54. The molecule has 4 aliphatic carbocycles. The number of hydrogen-bond acceptors (Lipinski definition) is 2. The molecule has 0 amide bonds. The molecule has 3 saturated carbocycles. The summed E-state index contributed by atoms with van der Waals surface area (Å²) in [7, 11) is 0. The van der Waals surface area contributed by atoms with Crippen molar-refractivity contribution < 1.29 is 10.2 Å². The van der Waals surface area contributed by atoms with Crippen LogP contribution in [0.4, 0.5) is 0 Å². The van der Waals surface area contributed by atoms with Crippen LogP contribution in [0.25, 0.3) is 0 Å². The fraction of sp³-hybridized carbons (Fsp3) is 0.852. The van der Waals surface area contributed by atoms with Crippen molar-refractivity contribution in [1.82, 2.24) is 0 Å². The zero-order valence-electron chi connectivity index (χ0n) is 19.5. The first kappa shape index (κ1) is 21.6. The molecule has 0 aromatic carbocycles. The van der Waals surface area contributed by atoms with Crippen molar-refractivity contribution in [2.75, 3.05) is 0 Å². The summed E-state index contributed by atoms with van der Waals surface area (Å²) in [4.78, 5) is 0. The van der Waals surface area contributed by atoms with Gasteiger partial charge in [0.2, 0.25) is 0 Å². The number of allylic oxidation sites excluding steroid dienone is 3. The van der Waals surface area contributed by atoms with Crippen molar-refractivity contribution in [2.24, 2.45) is 40.4 Å². The number of aliphatic hydroxyl groups excluding tert-OH is 2. The lowest BCUT2D eigenvalue weighted by Crippen LogP contribution is -2.51. The second kappa shape index (κ2) is 7.83. The third kappa shape index (κ3) is 3.57. The molecular weight excluding hydrogens is 356 g/mol. The van der Waals surface area contributed by atoms with E-state index >= 15 is 0 Å². The Morgan fingerprint density at radius 2 is 1.93 bits per heavy atom. The lowest BCUT2D eigenvalue weighted by atomic mass is 9.47. The Balaban J connectivity index is 1.55. The first-order chi connectivity index (χ1) is 13.7. The molecule has 29 heavy (non-hydrogen) atoms. The van der Waals surface area contributed by atoms with Crippen LogP contribution in [0.15, 0.2) is 23.3 Å². The van der Waals surface area contributed by atoms with Crippen LogP contribution in [-0.2, 0) is 0 Å². The van der Waals surface area contributed by atoms with Crippen LogP contribution in [0.5, 0.6) is 0 Å². The number of hydrogen-bond donors (Lipinski definition) is 2. The Bertz CT molecular complexity index is 674. The molecule has 4 rings (SSSR count). The van der Waals surface area contributed by atoms with Gasteiger partial charge in [0.1, 0.15) is 0 Å². The minimum Gasteiger partial charge on any atom is -0.393 e. The molecule has 0 bridgehead atoms. The third-order valence-electron chi connectivity index (χ3n) is 9.97. The van der Waals surface area contributed by atoms with Crippen molar-refractivity contribution in [1.29, 1.82) is 0 Å². The Hall–Kier alpha value is -0.600. The molecule has 0 heterocycles. The van der Waals surface area contributed by atoms with E-state index in [1.165, 1.54) is 31.3 Å². The van der Waals surface area contributed by atoms with Crippen LogP contribution < -0.4 is 0 Å². The van der Waals surface area contributed by atoms with Gasteiger partial charge in [-0.05, 0) is 112 Å². The molecule has 0 radical (unpaired) electrons. The summed E-state index contributed by atoms with van der Waals surface area (Å²) in [6.07, 6.45) is 14.7. The molecule has 0 aromatic rings. The zero-order valence-corrected chi connectivity index (χ0v) is 19.5. The van der Waals surface area contributed by atoms with Gasteiger partial charge in [0, 0.05) is 0 Å². The lowest BCUT2D eigenvalue weighted by molar-refractivity contribution is -0.0617. The highest BCUT2D eigenvalue weighted by Gasteiger charge is 2.61. The molecule has 0 unspecified atom stereocenters. The second-order valence-corrected chi connectivity index (χ2v) is 11.9. The SMILES string of the molecule is CC(C)=CCC[C@@H](C)[C@H]1[C@H](O)C[C@H]2[C@@H]3CC=C4C[C@@H](O)CC[C@]4(C)[C@H]3CC[C@]12C. The minimum absolute atomic E-state index is 0.126. The van der Waals surface area contributed by atoms with Gasteiger partial charge in [0.05, 0.1) is 12.2 Å². The number of aliphatic hydroxyl groups is 2. The van der Waals surface area contributed by atoms with Gasteiger partial charge in [-0.1, -0.05) is 44.1 Å². The van der Waals surface area contributed by atoms with Crippen LogP contribution in [0, 0.1) is 40.4 Å². The Morgan fingerprint density at radius 3 is 2.66 bits per heavy atom. The topological polar surface area (TPSA) is 40.5 Å². The fourth-order valence-corrected chi connectivity index (χ4v) is 8.54. The molecule has 2 nitrogen and oxygen atoms in total. The van der Waals surface area contributed by atoms with Gasteiger partial charge in [-0.3, -0.25) is 0 Å². The van der Waals surface area contributed by atoms with Crippen molar-refractivity contribution in [3.8, 4) is 0 Å². The van der Waals surface area contributed by atoms with E-state index in [-0.39, 0.29) is 12.2 Å². The summed E-state index contributed by atoms with van der Waals surface area (Å²) in [6.45, 7) is 11.8. The standard InChI is InChI=1S/C27H44O2/c1-17(2)7-6-8-18(3)25-24(29)16-23-21-10-9-19-15-20(28)11-13-26(19,4)22(21)12-14-27(23,25)5/h7,9,18,20-25,28-29H,6,8,10-16H2,1-5H3/t18-,20+,21-,22+,23+,24-,25+,26+,27+/m1/s1. The van der Waals surface area contributed by atoms with Gasteiger partial charge >= 0.3 is 0 Å². The van der Waals surface area contributed by atoms with E-state index in [1.807, 2.05) is 0 Å². The maximum Gasteiger partial charge on any atom is 0.0579 e. The van der Waals surface area contributed by atoms with Crippen molar-refractivity contribution in [2.45, 2.75) is 105 Å². The van der Waals surface area contributed by atoms with Crippen molar-refractivity contribution in [3.05, 3.63) is 23.3 Å². The molecule has 4 aliphatic rings. The number of rotatable bonds is 4. The van der Waals surface area contributed by atoms with Gasteiger partial charge in [0.25, 0.3) is 0 Å². The second-order valence-electron chi connectivity index (χ2n) is 11.9. The molecule has 164 valence electrons. The molecule has 2 N–H and O–H groups in total. The fourth-order valence-electron chi connectivity index (χ4n) is 8.54. The predicted molar refractivity (Wildman–Crippen MR) is 120 cm³/mol. The zero-order chi connectivity index (χ0) is 21.0. The van der Waals surface area contributed by atoms with Gasteiger partial charge in [0.15, 0.2) is 0 Å². The molecule has 0 aliphatic heterocycles. The van der Waals surface area contributed by atoms with Crippen LogP contribution in [0.2, 0.25) is 0 Å². The van der Waals surface area contributed by atoms with E-state index in [9.17, 15) is 10.2 Å². The number of fused-ring (bicyclic) bond motifs is 5. The normalized spacial score (nSPS) is 47.5. The molecule has 9 atom stereocenters. The lowest BCUT2D eigenvalue weighted by Gasteiger charge is -2.58. The summed E-state index contributed by atoms with van der Waals surface area (Å²) >= 11 is 0. The minimum atomic E-state index is -0.128. The highest BCUT2D eigenvalue weighted by molar-refractivity contribution is 5.25. The van der Waals surface area contributed by atoms with E-state index in [1.54, 1.807) is 5.57 Å². The van der Waals surface area contributed by atoms with Gasteiger partial charge in [-0.2, -0.15) is 0 Å². The van der Waals surface area contributed by atoms with E-state index in [0.29, 0.717) is 28.6 Å². The average molecular weight is 401 g/mol. The summed E-state index contributed by atoms with van der Waals surface area (Å²) in [6, 6.07) is 0. The molecule has 2 heteroatoms. The quantitative estimate of drug-likeness (QED) is 0.545. The Morgan fingerprint density at radius 1 is 1.17 bits per heavy atom. The highest BCUT2D eigenvalue weighted by Crippen LogP contribution is 2.67. The van der Waals surface area contributed by atoms with Crippen molar-refractivity contribution in [3.63, 3.8) is 0 Å². The predicted octanol–water partition coefficient (Wildman–Crippen LogP) is 6.28. The Labute approximate surface area is 178 Å². The maximum atomic E-state index is 11.2. The van der Waals surface area contributed by atoms with Crippen LogP contribution >= 0.6 is 0 Å². The van der Waals surface area contributed by atoms with E-state index in [2.05, 4.69) is 46.8 Å².